The molecule has 1 aromatic carbocycles. The fourth-order valence-corrected chi connectivity index (χ4v) is 3.73. The van der Waals surface area contributed by atoms with Crippen LogP contribution in [0.1, 0.15) is 61.5 Å². The molecule has 6 nitrogen and oxygen atoms in total. The zero-order chi connectivity index (χ0) is 22.1. The number of anilines is 1. The van der Waals surface area contributed by atoms with E-state index in [1.165, 1.54) is 0 Å². The number of amides is 1. The van der Waals surface area contributed by atoms with Crippen LogP contribution < -0.4 is 10.1 Å². The number of hydrogen-bond acceptors (Lipinski definition) is 6. The molecule has 0 saturated heterocycles. The van der Waals surface area contributed by atoms with E-state index in [1.54, 1.807) is 24.3 Å². The predicted molar refractivity (Wildman–Crippen MR) is 119 cm³/mol. The molecule has 0 radical (unpaired) electrons. The first kappa shape index (κ1) is 21.6. The molecule has 2 N–H and O–H groups in total. The fourth-order valence-electron chi connectivity index (χ4n) is 2.76. The Kier molecular flexibility index (Phi) is 5.99. The van der Waals surface area contributed by atoms with Gasteiger partial charge in [-0.3, -0.25) is 4.79 Å². The monoisotopic (exact) mass is 423 g/mol. The highest BCUT2D eigenvalue weighted by atomic mass is 32.1. The largest absolute Gasteiger partial charge is 0.506 e. The van der Waals surface area contributed by atoms with E-state index in [0.717, 1.165) is 17.0 Å². The molecule has 0 unspecified atom stereocenters. The van der Waals surface area contributed by atoms with Crippen LogP contribution in [0.2, 0.25) is 0 Å². The molecule has 30 heavy (non-hydrogen) atoms. The van der Waals surface area contributed by atoms with Crippen LogP contribution in [-0.2, 0) is 0 Å². The number of rotatable bonds is 5. The maximum absolute atomic E-state index is 12.8. The van der Waals surface area contributed by atoms with Crippen molar-refractivity contribution in [3.63, 3.8) is 0 Å². The summed E-state index contributed by atoms with van der Waals surface area (Å²) in [6.07, 6.45) is 0. The van der Waals surface area contributed by atoms with Crippen molar-refractivity contribution >= 4 is 33.1 Å². The number of carbonyl (C=O) groups is 1. The van der Waals surface area contributed by atoms with Crippen molar-refractivity contribution in [3.05, 3.63) is 46.5 Å². The smallest absolute Gasteiger partial charge is 0.269 e. The van der Waals surface area contributed by atoms with Crippen molar-refractivity contribution in [3.8, 4) is 17.6 Å². The summed E-state index contributed by atoms with van der Waals surface area (Å²) in [6, 6.07) is 10.7. The molecule has 0 atom stereocenters. The molecule has 2 heterocycles. The summed E-state index contributed by atoms with van der Waals surface area (Å²) in [7, 11) is 0. The summed E-state index contributed by atoms with van der Waals surface area (Å²) in [6.45, 7) is 10.7. The lowest BCUT2D eigenvalue weighted by atomic mass is 9.98. The van der Waals surface area contributed by atoms with Gasteiger partial charge in [0.2, 0.25) is 0 Å². The number of nitriles is 1. The summed E-state index contributed by atoms with van der Waals surface area (Å²) >= 11 is 1.14. The van der Waals surface area contributed by atoms with Crippen LogP contribution in [0.15, 0.2) is 30.3 Å². The van der Waals surface area contributed by atoms with Gasteiger partial charge in [-0.25, -0.2) is 4.98 Å². The molecule has 7 heteroatoms. The van der Waals surface area contributed by atoms with E-state index >= 15 is 0 Å². The first-order chi connectivity index (χ1) is 14.1. The zero-order valence-electron chi connectivity index (χ0n) is 17.7. The molecule has 3 rings (SSSR count). The van der Waals surface area contributed by atoms with E-state index in [0.29, 0.717) is 33.8 Å². The molecule has 0 aliphatic carbocycles. The Labute approximate surface area is 180 Å². The van der Waals surface area contributed by atoms with Crippen molar-refractivity contribution in [1.82, 2.24) is 4.98 Å². The van der Waals surface area contributed by atoms with Crippen molar-refractivity contribution in [2.45, 2.75) is 40.5 Å². The lowest BCUT2D eigenvalue weighted by Crippen LogP contribution is -2.17. The highest BCUT2D eigenvalue weighted by molar-refractivity contribution is 7.21. The summed E-state index contributed by atoms with van der Waals surface area (Å²) in [4.78, 5) is 18.1. The third kappa shape index (κ3) is 4.71. The molecule has 3 aromatic rings. The SMILES string of the molecule is CC(C)c1ccc2c(O)c(C(=O)Nc3ccc(OCC(C)(C)C)c(C#N)c3)sc2n1. The Morgan fingerprint density at radius 2 is 2.03 bits per heavy atom. The number of hydrogen-bond donors (Lipinski definition) is 2. The molecule has 1 amide bonds. The van der Waals surface area contributed by atoms with E-state index in [4.69, 9.17) is 4.74 Å². The van der Waals surface area contributed by atoms with E-state index < -0.39 is 5.91 Å². The maximum Gasteiger partial charge on any atom is 0.269 e. The minimum absolute atomic E-state index is 0.0399. The van der Waals surface area contributed by atoms with Crippen LogP contribution in [-0.4, -0.2) is 22.6 Å². The van der Waals surface area contributed by atoms with Crippen LogP contribution in [0.4, 0.5) is 5.69 Å². The van der Waals surface area contributed by atoms with E-state index in [-0.39, 0.29) is 22.0 Å². The van der Waals surface area contributed by atoms with Crippen LogP contribution >= 0.6 is 11.3 Å². The number of nitrogens with zero attached hydrogens (tertiary/aromatic N) is 2. The minimum atomic E-state index is -0.450. The second-order valence-corrected chi connectivity index (χ2v) is 9.65. The minimum Gasteiger partial charge on any atom is -0.506 e. The number of nitrogens with one attached hydrogen (secondary N) is 1. The summed E-state index contributed by atoms with van der Waals surface area (Å²) in [5.41, 5.74) is 1.65. The van der Waals surface area contributed by atoms with Gasteiger partial charge in [-0.2, -0.15) is 5.26 Å². The number of fused-ring (bicyclic) bond motifs is 1. The normalized spacial score (nSPS) is 11.5. The third-order valence-corrected chi connectivity index (χ3v) is 5.45. The predicted octanol–water partition coefficient (Wildman–Crippen LogP) is 5.67. The van der Waals surface area contributed by atoms with Gasteiger partial charge in [0.05, 0.1) is 17.6 Å². The zero-order valence-corrected chi connectivity index (χ0v) is 18.6. The van der Waals surface area contributed by atoms with Crippen molar-refractivity contribution in [2.24, 2.45) is 5.41 Å². The second kappa shape index (κ2) is 8.33. The van der Waals surface area contributed by atoms with Gasteiger partial charge in [0, 0.05) is 11.4 Å². The Morgan fingerprint density at radius 1 is 1.30 bits per heavy atom. The number of ether oxygens (including phenoxy) is 1. The van der Waals surface area contributed by atoms with E-state index in [9.17, 15) is 15.2 Å². The third-order valence-electron chi connectivity index (χ3n) is 4.37. The molecule has 0 spiro atoms. The highest BCUT2D eigenvalue weighted by Crippen LogP contribution is 2.37. The quantitative estimate of drug-likeness (QED) is 0.551. The van der Waals surface area contributed by atoms with Gasteiger partial charge < -0.3 is 15.2 Å². The lowest BCUT2D eigenvalue weighted by molar-refractivity contribution is 0.102. The van der Waals surface area contributed by atoms with Crippen molar-refractivity contribution < 1.29 is 14.6 Å². The van der Waals surface area contributed by atoms with Gasteiger partial charge >= 0.3 is 0 Å². The molecular formula is C23H25N3O3S. The number of pyridine rings is 1. The lowest BCUT2D eigenvalue weighted by Gasteiger charge is -2.19. The van der Waals surface area contributed by atoms with Crippen molar-refractivity contribution in [2.75, 3.05) is 11.9 Å². The first-order valence-corrected chi connectivity index (χ1v) is 10.5. The summed E-state index contributed by atoms with van der Waals surface area (Å²) in [5.74, 6) is 0.190. The first-order valence-electron chi connectivity index (χ1n) is 9.70. The van der Waals surface area contributed by atoms with Crippen LogP contribution in [0, 0.1) is 16.7 Å². The molecule has 0 aliphatic heterocycles. The Bertz CT molecular complexity index is 1140. The van der Waals surface area contributed by atoms with Gasteiger partial charge in [-0.05, 0) is 41.7 Å². The molecule has 0 fully saturated rings. The number of aromatic hydroxyl groups is 1. The second-order valence-electron chi connectivity index (χ2n) is 8.65. The van der Waals surface area contributed by atoms with Crippen molar-refractivity contribution in [1.29, 1.82) is 5.26 Å². The average molecular weight is 424 g/mol. The van der Waals surface area contributed by atoms with Crippen LogP contribution in [0.5, 0.6) is 11.5 Å². The van der Waals surface area contributed by atoms with Crippen LogP contribution in [0.25, 0.3) is 10.2 Å². The Balaban J connectivity index is 1.83. The van der Waals surface area contributed by atoms with Gasteiger partial charge in [0.15, 0.2) is 0 Å². The van der Waals surface area contributed by atoms with E-state index in [2.05, 4.69) is 16.4 Å². The topological polar surface area (TPSA) is 95.2 Å². The summed E-state index contributed by atoms with van der Waals surface area (Å²) in [5, 5.41) is 23.2. The average Bonchev–Trinajstić information content (AvgIpc) is 3.02. The van der Waals surface area contributed by atoms with E-state index in [1.807, 2.05) is 40.7 Å². The van der Waals surface area contributed by atoms with Crippen LogP contribution in [0.3, 0.4) is 0 Å². The van der Waals surface area contributed by atoms with Gasteiger partial charge in [0.25, 0.3) is 5.91 Å². The molecule has 2 aromatic heterocycles. The number of carbonyl (C=O) groups excluding carboxylic acids is 1. The Morgan fingerprint density at radius 3 is 2.67 bits per heavy atom. The molecule has 156 valence electrons. The van der Waals surface area contributed by atoms with Gasteiger partial charge in [0.1, 0.15) is 27.3 Å². The van der Waals surface area contributed by atoms with Gasteiger partial charge in [-0.1, -0.05) is 34.6 Å². The number of thiophene rings is 1. The molecule has 0 saturated carbocycles. The molecule has 0 aliphatic rings. The summed E-state index contributed by atoms with van der Waals surface area (Å²) < 4.78 is 5.75. The molecule has 0 bridgehead atoms. The van der Waals surface area contributed by atoms with Gasteiger partial charge in [-0.15, -0.1) is 11.3 Å². The fraction of sp³-hybridized carbons (Fsp3) is 0.348. The molecular weight excluding hydrogens is 398 g/mol. The maximum atomic E-state index is 12.8. The highest BCUT2D eigenvalue weighted by Gasteiger charge is 2.20. The number of aromatic nitrogens is 1. The number of benzene rings is 1. The Hall–Kier alpha value is -3.11. The standard InChI is InChI=1S/C23H25N3O3S/c1-13(2)17-8-7-16-19(27)20(30-22(16)26-17)21(28)25-15-6-9-18(14(10-15)11-24)29-12-23(3,4)5/h6-10,13,27H,12H2,1-5H3,(H,25,28).